The van der Waals surface area contributed by atoms with Gasteiger partial charge in [-0.3, -0.25) is 9.69 Å². The summed E-state index contributed by atoms with van der Waals surface area (Å²) in [6.07, 6.45) is 6.06. The number of amides is 1. The van der Waals surface area contributed by atoms with Crippen LogP contribution in [-0.2, 0) is 11.8 Å². The van der Waals surface area contributed by atoms with Crippen LogP contribution in [0.25, 0.3) is 0 Å². The van der Waals surface area contributed by atoms with Crippen LogP contribution in [0.5, 0.6) is 0 Å². The van der Waals surface area contributed by atoms with Crippen LogP contribution in [0.4, 0.5) is 0 Å². The molecule has 2 fully saturated rings. The standard InChI is InChI=1S/C24H30N2O/c1-18-22-11-6-13-24(18,21-10-5-9-20(17-21)23(25)27)14-16-26(22)15-12-19-7-3-2-4-8-19/h2-5,7-10,17-18,22H,6,11-16H2,1H3,(H2,25,27)/t18-,22?,24?/m0/s1. The van der Waals surface area contributed by atoms with E-state index in [1.165, 1.54) is 36.8 Å². The lowest BCUT2D eigenvalue weighted by molar-refractivity contribution is -0.00236. The highest BCUT2D eigenvalue weighted by Gasteiger charge is 2.49. The molecule has 142 valence electrons. The van der Waals surface area contributed by atoms with Crippen LogP contribution in [0.2, 0.25) is 0 Å². The fraction of sp³-hybridized carbons (Fsp3) is 0.458. The lowest BCUT2D eigenvalue weighted by Gasteiger charge is -2.56. The molecule has 2 aromatic rings. The van der Waals surface area contributed by atoms with Crippen LogP contribution in [0, 0.1) is 5.92 Å². The molecule has 2 aromatic carbocycles. The van der Waals surface area contributed by atoms with Crippen LogP contribution in [0.3, 0.4) is 0 Å². The molecule has 2 N–H and O–H groups in total. The first kappa shape index (κ1) is 18.2. The molecule has 1 aliphatic carbocycles. The lowest BCUT2D eigenvalue weighted by atomic mass is 9.57. The molecule has 2 aliphatic rings. The summed E-state index contributed by atoms with van der Waals surface area (Å²) in [5.41, 5.74) is 9.12. The van der Waals surface area contributed by atoms with Crippen LogP contribution in [-0.4, -0.2) is 29.9 Å². The van der Waals surface area contributed by atoms with E-state index in [0.717, 1.165) is 19.5 Å². The molecule has 4 rings (SSSR count). The zero-order valence-corrected chi connectivity index (χ0v) is 16.2. The van der Waals surface area contributed by atoms with Gasteiger partial charge in [-0.1, -0.05) is 55.8 Å². The summed E-state index contributed by atoms with van der Waals surface area (Å²) in [5.74, 6) is 0.271. The van der Waals surface area contributed by atoms with E-state index < -0.39 is 0 Å². The van der Waals surface area contributed by atoms with Gasteiger partial charge in [-0.2, -0.15) is 0 Å². The minimum atomic E-state index is -0.325. The summed E-state index contributed by atoms with van der Waals surface area (Å²) in [7, 11) is 0. The maximum Gasteiger partial charge on any atom is 0.248 e. The molecule has 0 spiro atoms. The molecular formula is C24H30N2O. The predicted octanol–water partition coefficient (Wildman–Crippen LogP) is 4.16. The van der Waals surface area contributed by atoms with Gasteiger partial charge >= 0.3 is 0 Å². The van der Waals surface area contributed by atoms with Crippen molar-refractivity contribution < 1.29 is 4.79 Å². The number of hydrogen-bond acceptors (Lipinski definition) is 2. The fourth-order valence-electron chi connectivity index (χ4n) is 5.56. The van der Waals surface area contributed by atoms with Crippen molar-refractivity contribution in [3.63, 3.8) is 0 Å². The average Bonchev–Trinajstić information content (AvgIpc) is 2.68. The first-order valence-electron chi connectivity index (χ1n) is 10.3. The minimum absolute atomic E-state index is 0.192. The maximum absolute atomic E-state index is 11.7. The SMILES string of the molecule is C[C@H]1C2CCCC1(c1cccc(C(N)=O)c1)CCN2CCc1ccccc1. The Kier molecular flexibility index (Phi) is 5.05. The predicted molar refractivity (Wildman–Crippen MR) is 110 cm³/mol. The average molecular weight is 363 g/mol. The van der Waals surface area contributed by atoms with Crippen molar-refractivity contribution in [3.8, 4) is 0 Å². The molecule has 2 bridgehead atoms. The highest BCUT2D eigenvalue weighted by Crippen LogP contribution is 2.50. The molecule has 1 amide bonds. The highest BCUT2D eigenvalue weighted by molar-refractivity contribution is 5.93. The summed E-state index contributed by atoms with van der Waals surface area (Å²) < 4.78 is 0. The maximum atomic E-state index is 11.7. The zero-order chi connectivity index (χ0) is 18.9. The van der Waals surface area contributed by atoms with Gasteiger partial charge in [0.2, 0.25) is 5.91 Å². The van der Waals surface area contributed by atoms with Crippen molar-refractivity contribution >= 4 is 5.91 Å². The number of carbonyl (C=O) groups excluding carboxylic acids is 1. The fourth-order valence-corrected chi connectivity index (χ4v) is 5.56. The number of fused-ring (bicyclic) bond motifs is 2. The number of nitrogens with zero attached hydrogens (tertiary/aromatic N) is 1. The zero-order valence-electron chi connectivity index (χ0n) is 16.2. The summed E-state index contributed by atoms with van der Waals surface area (Å²) >= 11 is 0. The Labute approximate surface area is 162 Å². The van der Waals surface area contributed by atoms with Gasteiger partial charge in [0.05, 0.1) is 0 Å². The second-order valence-electron chi connectivity index (χ2n) is 8.37. The van der Waals surface area contributed by atoms with Gasteiger partial charge in [0, 0.05) is 23.6 Å². The molecule has 1 heterocycles. The molecule has 1 aliphatic heterocycles. The van der Waals surface area contributed by atoms with Crippen molar-refractivity contribution in [2.45, 2.75) is 50.5 Å². The Morgan fingerprint density at radius 3 is 2.74 bits per heavy atom. The van der Waals surface area contributed by atoms with Gasteiger partial charge in [0.1, 0.15) is 0 Å². The van der Waals surface area contributed by atoms with Crippen LogP contribution >= 0.6 is 0 Å². The number of carbonyl (C=O) groups is 1. The Morgan fingerprint density at radius 1 is 1.15 bits per heavy atom. The minimum Gasteiger partial charge on any atom is -0.366 e. The third-order valence-electron chi connectivity index (χ3n) is 7.14. The molecule has 3 atom stereocenters. The normalized spacial score (nSPS) is 28.0. The second-order valence-corrected chi connectivity index (χ2v) is 8.37. The van der Waals surface area contributed by atoms with Crippen molar-refractivity contribution in [3.05, 3.63) is 71.3 Å². The smallest absolute Gasteiger partial charge is 0.248 e. The molecule has 3 heteroatoms. The van der Waals surface area contributed by atoms with E-state index in [0.29, 0.717) is 17.5 Å². The van der Waals surface area contributed by atoms with Gasteiger partial charge in [0.25, 0.3) is 0 Å². The number of likely N-dealkylation sites (tertiary alicyclic amines) is 1. The molecule has 1 saturated carbocycles. The topological polar surface area (TPSA) is 46.3 Å². The first-order chi connectivity index (χ1) is 13.1. The van der Waals surface area contributed by atoms with Gasteiger partial charge in [-0.25, -0.2) is 0 Å². The Morgan fingerprint density at radius 2 is 1.96 bits per heavy atom. The Balaban J connectivity index is 1.54. The molecule has 1 saturated heterocycles. The quantitative estimate of drug-likeness (QED) is 0.868. The summed E-state index contributed by atoms with van der Waals surface area (Å²) in [5, 5.41) is 0. The molecule has 2 unspecified atom stereocenters. The molecule has 0 radical (unpaired) electrons. The Hall–Kier alpha value is -2.13. The largest absolute Gasteiger partial charge is 0.366 e. The third-order valence-corrected chi connectivity index (χ3v) is 7.14. The summed E-state index contributed by atoms with van der Waals surface area (Å²) in [6.45, 7) is 4.70. The molecule has 27 heavy (non-hydrogen) atoms. The van der Waals surface area contributed by atoms with Gasteiger partial charge in [0.15, 0.2) is 0 Å². The van der Waals surface area contributed by atoms with E-state index in [1.54, 1.807) is 0 Å². The number of nitrogens with two attached hydrogens (primary N) is 1. The Bertz CT molecular complexity index is 803. The summed E-state index contributed by atoms with van der Waals surface area (Å²) in [6, 6.07) is 19.5. The molecular weight excluding hydrogens is 332 g/mol. The highest BCUT2D eigenvalue weighted by atomic mass is 16.1. The van der Waals surface area contributed by atoms with Crippen molar-refractivity contribution in [2.24, 2.45) is 11.7 Å². The van der Waals surface area contributed by atoms with Crippen molar-refractivity contribution in [1.82, 2.24) is 4.90 Å². The van der Waals surface area contributed by atoms with E-state index in [4.69, 9.17) is 5.73 Å². The molecule has 3 nitrogen and oxygen atoms in total. The van der Waals surface area contributed by atoms with Gasteiger partial charge < -0.3 is 5.73 Å². The van der Waals surface area contributed by atoms with E-state index in [2.05, 4.69) is 54.3 Å². The van der Waals surface area contributed by atoms with Crippen LogP contribution < -0.4 is 5.73 Å². The number of benzene rings is 2. The summed E-state index contributed by atoms with van der Waals surface area (Å²) in [4.78, 5) is 14.4. The van der Waals surface area contributed by atoms with Crippen LogP contribution in [0.15, 0.2) is 54.6 Å². The first-order valence-corrected chi connectivity index (χ1v) is 10.3. The van der Waals surface area contributed by atoms with Gasteiger partial charge in [-0.05, 0) is 61.4 Å². The monoisotopic (exact) mass is 362 g/mol. The third kappa shape index (κ3) is 3.41. The van der Waals surface area contributed by atoms with Crippen molar-refractivity contribution in [2.75, 3.05) is 13.1 Å². The van der Waals surface area contributed by atoms with E-state index >= 15 is 0 Å². The van der Waals surface area contributed by atoms with Gasteiger partial charge in [-0.15, -0.1) is 0 Å². The number of rotatable bonds is 5. The molecule has 0 aromatic heterocycles. The van der Waals surface area contributed by atoms with E-state index in [1.807, 2.05) is 12.1 Å². The van der Waals surface area contributed by atoms with Crippen molar-refractivity contribution in [1.29, 1.82) is 0 Å². The lowest BCUT2D eigenvalue weighted by Crippen LogP contribution is -2.58. The second kappa shape index (κ2) is 7.47. The van der Waals surface area contributed by atoms with E-state index in [9.17, 15) is 4.79 Å². The number of primary amides is 1. The number of hydrogen-bond donors (Lipinski definition) is 1. The number of piperidine rings is 1. The van der Waals surface area contributed by atoms with Crippen LogP contribution in [0.1, 0.15) is 54.1 Å². The van der Waals surface area contributed by atoms with E-state index in [-0.39, 0.29) is 11.3 Å².